The maximum Gasteiger partial charge on any atom is 0.340 e. The Morgan fingerprint density at radius 1 is 1.18 bits per heavy atom. The predicted molar refractivity (Wildman–Crippen MR) is 136 cm³/mol. The number of nitrogens with zero attached hydrogens (tertiary/aromatic N) is 4. The summed E-state index contributed by atoms with van der Waals surface area (Å²) in [7, 11) is 0. The highest BCUT2D eigenvalue weighted by Gasteiger charge is 2.28. The van der Waals surface area contributed by atoms with Gasteiger partial charge in [-0.2, -0.15) is 5.10 Å². The smallest absolute Gasteiger partial charge is 0.340 e. The Bertz CT molecular complexity index is 1320. The van der Waals surface area contributed by atoms with Crippen LogP contribution in [0.4, 0.5) is 0 Å². The normalized spacial score (nSPS) is 12.3. The van der Waals surface area contributed by atoms with Crippen molar-refractivity contribution in [1.29, 1.82) is 0 Å². The zero-order valence-corrected chi connectivity index (χ0v) is 21.4. The molecule has 0 aliphatic rings. The lowest BCUT2D eigenvalue weighted by Crippen LogP contribution is -2.17. The molecule has 4 rings (SSSR count). The molecule has 1 atom stereocenters. The van der Waals surface area contributed by atoms with Crippen molar-refractivity contribution in [2.24, 2.45) is 0 Å². The van der Waals surface area contributed by atoms with Gasteiger partial charge in [-0.1, -0.05) is 71.2 Å². The fourth-order valence-electron chi connectivity index (χ4n) is 4.04. The Morgan fingerprint density at radius 2 is 1.91 bits per heavy atom. The maximum atomic E-state index is 12.7. The Hall–Kier alpha value is -2.68. The van der Waals surface area contributed by atoms with Gasteiger partial charge in [-0.3, -0.25) is 0 Å². The lowest BCUT2D eigenvalue weighted by atomic mass is 10.1. The second-order valence-electron chi connectivity index (χ2n) is 7.78. The Morgan fingerprint density at radius 3 is 2.65 bits per heavy atom. The molecule has 0 aliphatic heterocycles. The van der Waals surface area contributed by atoms with Crippen molar-refractivity contribution in [3.05, 3.63) is 76.5 Å². The summed E-state index contributed by atoms with van der Waals surface area (Å²) < 4.78 is 8.98. The number of fused-ring (bicyclic) bond motifs is 1. The van der Waals surface area contributed by atoms with Crippen molar-refractivity contribution in [3.63, 3.8) is 0 Å². The first-order valence-corrected chi connectivity index (χ1v) is 12.6. The molecule has 2 aromatic carbocycles. The number of aliphatic hydroxyl groups is 1. The molecule has 2 aromatic heterocycles. The molecule has 1 N–H and O–H groups in total. The van der Waals surface area contributed by atoms with Crippen LogP contribution >= 0.6 is 27.5 Å². The Kier molecular flexibility index (Phi) is 7.70. The third kappa shape index (κ3) is 4.50. The highest BCUT2D eigenvalue weighted by atomic mass is 79.9. The molecule has 0 spiro atoms. The van der Waals surface area contributed by atoms with Crippen LogP contribution in [0.5, 0.6) is 0 Å². The maximum absolute atomic E-state index is 12.7. The van der Waals surface area contributed by atoms with Crippen LogP contribution in [0.3, 0.4) is 0 Å². The highest BCUT2D eigenvalue weighted by molar-refractivity contribution is 9.09. The van der Waals surface area contributed by atoms with Gasteiger partial charge in [-0.05, 0) is 31.5 Å². The highest BCUT2D eigenvalue weighted by Crippen LogP contribution is 2.37. The van der Waals surface area contributed by atoms with Crippen LogP contribution in [0, 0.1) is 0 Å². The second-order valence-corrected chi connectivity index (χ2v) is 9.01. The first-order valence-electron chi connectivity index (χ1n) is 11.3. The number of alkyl halides is 1. The molecule has 0 radical (unpaired) electrons. The van der Waals surface area contributed by atoms with Crippen LogP contribution < -0.4 is 0 Å². The summed E-state index contributed by atoms with van der Waals surface area (Å²) in [6, 6.07) is 15.0. The third-order valence-corrected chi connectivity index (χ3v) is 6.78. The van der Waals surface area contributed by atoms with E-state index in [0.29, 0.717) is 23.4 Å². The molecule has 0 saturated carbocycles. The number of carbonyl (C=O) groups is 1. The quantitative estimate of drug-likeness (QED) is 0.211. The van der Waals surface area contributed by atoms with Crippen LogP contribution in [0.1, 0.15) is 59.2 Å². The SMILES string of the molecule is CCCCc1nc(Cl)c(CO)n1C(Br)c1c2ccccc2nn1-c1ccccc1C(=O)OCC. The van der Waals surface area contributed by atoms with Gasteiger partial charge >= 0.3 is 5.97 Å². The van der Waals surface area contributed by atoms with E-state index in [9.17, 15) is 9.90 Å². The van der Waals surface area contributed by atoms with Crippen LogP contribution in [0.2, 0.25) is 5.15 Å². The average molecular weight is 546 g/mol. The number of benzene rings is 2. The van der Waals surface area contributed by atoms with E-state index in [1.165, 1.54) is 0 Å². The lowest BCUT2D eigenvalue weighted by Gasteiger charge is -2.20. The molecular formula is C25H26BrClN4O3. The van der Waals surface area contributed by atoms with Gasteiger partial charge in [0.1, 0.15) is 10.8 Å². The summed E-state index contributed by atoms with van der Waals surface area (Å²) in [4.78, 5) is 16.8. The number of hydrogen-bond acceptors (Lipinski definition) is 5. The summed E-state index contributed by atoms with van der Waals surface area (Å²) in [5, 5.41) is 16.1. The molecule has 4 aromatic rings. The summed E-state index contributed by atoms with van der Waals surface area (Å²) in [5.74, 6) is 0.355. The van der Waals surface area contributed by atoms with E-state index in [1.807, 2.05) is 41.0 Å². The van der Waals surface area contributed by atoms with E-state index >= 15 is 0 Å². The lowest BCUT2D eigenvalue weighted by molar-refractivity contribution is 0.0526. The molecule has 9 heteroatoms. The van der Waals surface area contributed by atoms with E-state index in [4.69, 9.17) is 21.4 Å². The molecule has 0 saturated heterocycles. The number of esters is 1. The van der Waals surface area contributed by atoms with Gasteiger partial charge in [0, 0.05) is 11.8 Å². The van der Waals surface area contributed by atoms with E-state index < -0.39 is 10.9 Å². The number of carbonyl (C=O) groups excluding carboxylic acids is 1. The first kappa shape index (κ1) is 24.4. The van der Waals surface area contributed by atoms with Gasteiger partial charge in [0.25, 0.3) is 0 Å². The number of rotatable bonds is 9. The minimum absolute atomic E-state index is 0.258. The molecule has 7 nitrogen and oxygen atoms in total. The van der Waals surface area contributed by atoms with Gasteiger partial charge in [0.2, 0.25) is 0 Å². The van der Waals surface area contributed by atoms with Gasteiger partial charge in [-0.25, -0.2) is 14.5 Å². The molecule has 0 aliphatic carbocycles. The van der Waals surface area contributed by atoms with Gasteiger partial charge in [0.15, 0.2) is 5.15 Å². The minimum Gasteiger partial charge on any atom is -0.462 e. The van der Waals surface area contributed by atoms with Crippen molar-refractivity contribution in [2.45, 2.75) is 44.7 Å². The molecule has 178 valence electrons. The monoisotopic (exact) mass is 544 g/mol. The summed E-state index contributed by atoms with van der Waals surface area (Å²) in [5.41, 5.74) is 3.09. The number of aromatic nitrogens is 4. The summed E-state index contributed by atoms with van der Waals surface area (Å²) in [6.45, 7) is 3.91. The summed E-state index contributed by atoms with van der Waals surface area (Å²) in [6.07, 6.45) is 2.65. The number of aryl methyl sites for hydroxylation is 1. The van der Waals surface area contributed by atoms with E-state index in [0.717, 1.165) is 35.3 Å². The fourth-order valence-corrected chi connectivity index (χ4v) is 5.21. The zero-order chi connectivity index (χ0) is 24.2. The van der Waals surface area contributed by atoms with E-state index in [-0.39, 0.29) is 18.4 Å². The Labute approximate surface area is 211 Å². The minimum atomic E-state index is -0.454. The third-order valence-electron chi connectivity index (χ3n) is 5.63. The largest absolute Gasteiger partial charge is 0.462 e. The Balaban J connectivity index is 1.96. The van der Waals surface area contributed by atoms with E-state index in [2.05, 4.69) is 27.8 Å². The van der Waals surface area contributed by atoms with Crippen LogP contribution in [-0.4, -0.2) is 37.0 Å². The number of hydrogen-bond donors (Lipinski definition) is 1. The first-order chi connectivity index (χ1) is 16.5. The van der Waals surface area contributed by atoms with Crippen molar-refractivity contribution in [3.8, 4) is 5.69 Å². The molecule has 1 unspecified atom stereocenters. The fraction of sp³-hybridized carbons (Fsp3) is 0.320. The van der Waals surface area contributed by atoms with E-state index in [1.54, 1.807) is 23.7 Å². The summed E-state index contributed by atoms with van der Waals surface area (Å²) >= 11 is 10.3. The number of ether oxygens (including phenoxy) is 1. The molecule has 0 bridgehead atoms. The van der Waals surface area contributed by atoms with Crippen LogP contribution in [-0.2, 0) is 17.8 Å². The number of aliphatic hydroxyl groups excluding tert-OH is 1. The molecule has 0 fully saturated rings. The second kappa shape index (κ2) is 10.7. The molecular weight excluding hydrogens is 520 g/mol. The van der Waals surface area contributed by atoms with Crippen molar-refractivity contribution < 1.29 is 14.6 Å². The predicted octanol–water partition coefficient (Wildman–Crippen LogP) is 5.83. The van der Waals surface area contributed by atoms with Crippen molar-refractivity contribution >= 4 is 44.4 Å². The topological polar surface area (TPSA) is 82.2 Å². The van der Waals surface area contributed by atoms with Crippen LogP contribution in [0.15, 0.2) is 48.5 Å². The average Bonchev–Trinajstić information content (AvgIpc) is 3.39. The number of para-hydroxylation sites is 1. The van der Waals surface area contributed by atoms with Crippen molar-refractivity contribution in [2.75, 3.05) is 6.61 Å². The zero-order valence-electron chi connectivity index (χ0n) is 19.0. The van der Waals surface area contributed by atoms with Gasteiger partial charge in [-0.15, -0.1) is 0 Å². The van der Waals surface area contributed by atoms with Gasteiger partial charge in [0.05, 0.1) is 41.4 Å². The number of unbranched alkanes of at least 4 members (excludes halogenated alkanes) is 1. The molecule has 2 heterocycles. The standard InChI is InChI=1S/C25H26BrClN4O3/c1-3-5-14-21-28-24(27)20(15-32)30(21)23(26)22-16-10-6-8-12-18(16)29-31(22)19-13-9-7-11-17(19)25(33)34-4-2/h6-13,23,32H,3-5,14-15H2,1-2H3. The molecule has 0 amide bonds. The van der Waals surface area contributed by atoms with Crippen molar-refractivity contribution in [1.82, 2.24) is 19.3 Å². The number of imidazole rings is 1. The van der Waals surface area contributed by atoms with Crippen LogP contribution in [0.25, 0.3) is 16.6 Å². The van der Waals surface area contributed by atoms with Gasteiger partial charge < -0.3 is 14.4 Å². The molecule has 34 heavy (non-hydrogen) atoms. The number of halogens is 2.